The molecule has 6 heteroatoms. The van der Waals surface area contributed by atoms with Crippen LogP contribution in [0.25, 0.3) is 5.70 Å². The van der Waals surface area contributed by atoms with E-state index in [0.717, 1.165) is 22.4 Å². The van der Waals surface area contributed by atoms with Crippen LogP contribution in [0.2, 0.25) is 5.02 Å². The standard InChI is InChI=1S/C23H20ClFN2O2/c1-29-21-4-2-3-18(22(21)28)20-13-19(14-5-9-16(24)10-6-14)26-23(27-20)15-7-11-17(25)12-8-15/h2-13,20,23,26-28H,1H3/p+1. The first kappa shape index (κ1) is 19.3. The minimum Gasteiger partial charge on any atom is -0.504 e. The van der Waals surface area contributed by atoms with Gasteiger partial charge in [-0.15, -0.1) is 0 Å². The van der Waals surface area contributed by atoms with E-state index < -0.39 is 0 Å². The number of aromatic hydroxyl groups is 1. The molecule has 4 N–H and O–H groups in total. The molecule has 0 amide bonds. The van der Waals surface area contributed by atoms with Gasteiger partial charge in [0.2, 0.25) is 0 Å². The Hall–Kier alpha value is -3.02. The van der Waals surface area contributed by atoms with Gasteiger partial charge in [0, 0.05) is 22.4 Å². The van der Waals surface area contributed by atoms with Gasteiger partial charge in [-0.1, -0.05) is 29.8 Å². The molecular weight excluding hydrogens is 391 g/mol. The van der Waals surface area contributed by atoms with E-state index in [1.807, 2.05) is 36.4 Å². The van der Waals surface area contributed by atoms with Gasteiger partial charge in [0.25, 0.3) is 0 Å². The number of methoxy groups -OCH3 is 1. The Morgan fingerprint density at radius 1 is 1.03 bits per heavy atom. The van der Waals surface area contributed by atoms with Crippen LogP contribution in [0.15, 0.2) is 72.8 Å². The smallest absolute Gasteiger partial charge is 0.186 e. The molecule has 3 aromatic carbocycles. The molecule has 0 saturated carbocycles. The number of halogens is 2. The first-order valence-corrected chi connectivity index (χ1v) is 9.63. The molecule has 0 aromatic heterocycles. The topological polar surface area (TPSA) is 58.1 Å². The summed E-state index contributed by atoms with van der Waals surface area (Å²) in [4.78, 5) is 0. The predicted octanol–water partition coefficient (Wildman–Crippen LogP) is 4.14. The molecule has 2 unspecified atom stereocenters. The van der Waals surface area contributed by atoms with Gasteiger partial charge in [-0.05, 0) is 54.1 Å². The number of nitrogens with one attached hydrogen (secondary N) is 1. The number of hydrogen-bond donors (Lipinski definition) is 3. The average molecular weight is 412 g/mol. The van der Waals surface area contributed by atoms with Crippen LogP contribution < -0.4 is 15.4 Å². The third-order valence-corrected chi connectivity index (χ3v) is 5.30. The third-order valence-electron chi connectivity index (χ3n) is 5.05. The lowest BCUT2D eigenvalue weighted by atomic mass is 9.97. The van der Waals surface area contributed by atoms with Crippen molar-refractivity contribution >= 4 is 17.3 Å². The molecule has 4 rings (SSSR count). The van der Waals surface area contributed by atoms with Gasteiger partial charge in [0.05, 0.1) is 12.7 Å². The Labute approximate surface area is 173 Å². The number of ether oxygens (including phenoxy) is 1. The van der Waals surface area contributed by atoms with Gasteiger partial charge in [0.1, 0.15) is 11.9 Å². The summed E-state index contributed by atoms with van der Waals surface area (Å²) in [7, 11) is 1.53. The number of benzene rings is 3. The molecule has 0 fully saturated rings. The monoisotopic (exact) mass is 411 g/mol. The lowest BCUT2D eigenvalue weighted by Crippen LogP contribution is -2.89. The normalized spacial score (nSPS) is 18.7. The molecule has 0 radical (unpaired) electrons. The van der Waals surface area contributed by atoms with Gasteiger partial charge < -0.3 is 20.5 Å². The van der Waals surface area contributed by atoms with Crippen molar-refractivity contribution in [3.8, 4) is 11.5 Å². The molecule has 4 nitrogen and oxygen atoms in total. The Morgan fingerprint density at radius 3 is 2.45 bits per heavy atom. The second-order valence-corrected chi connectivity index (χ2v) is 7.31. The van der Waals surface area contributed by atoms with Gasteiger partial charge in [-0.2, -0.15) is 0 Å². The summed E-state index contributed by atoms with van der Waals surface area (Å²) in [5.74, 6) is 0.261. The lowest BCUT2D eigenvalue weighted by Gasteiger charge is -2.30. The first-order chi connectivity index (χ1) is 14.0. The Balaban J connectivity index is 1.77. The molecule has 0 aliphatic carbocycles. The van der Waals surface area contributed by atoms with Crippen LogP contribution in [0.1, 0.15) is 28.9 Å². The van der Waals surface area contributed by atoms with Crippen molar-refractivity contribution in [1.29, 1.82) is 0 Å². The number of phenolic OH excluding ortho intramolecular Hbond substituents is 1. The number of quaternary nitrogens is 1. The third kappa shape index (κ3) is 4.06. The summed E-state index contributed by atoms with van der Waals surface area (Å²) in [6, 6.07) is 19.3. The summed E-state index contributed by atoms with van der Waals surface area (Å²) in [6.07, 6.45) is 1.89. The van der Waals surface area contributed by atoms with E-state index >= 15 is 0 Å². The molecule has 148 valence electrons. The number of nitrogens with two attached hydrogens (primary N) is 1. The summed E-state index contributed by atoms with van der Waals surface area (Å²) in [5, 5.41) is 16.9. The minimum atomic E-state index is -0.278. The molecule has 29 heavy (non-hydrogen) atoms. The molecule has 1 heterocycles. The zero-order chi connectivity index (χ0) is 20.4. The molecule has 1 aliphatic rings. The maximum absolute atomic E-state index is 13.4. The van der Waals surface area contributed by atoms with Crippen molar-refractivity contribution in [1.82, 2.24) is 5.32 Å². The SMILES string of the molecule is COc1cccc(C2C=C(c3ccc(Cl)cc3)NC(c3ccc(F)cc3)[NH2+]2)c1O. The maximum atomic E-state index is 13.4. The van der Waals surface area contributed by atoms with E-state index in [4.69, 9.17) is 16.3 Å². The van der Waals surface area contributed by atoms with Crippen molar-refractivity contribution < 1.29 is 19.6 Å². The number of para-hydroxylation sites is 1. The molecular formula is C23H21ClFN2O2+. The molecule has 1 aliphatic heterocycles. The van der Waals surface area contributed by atoms with E-state index in [2.05, 4.69) is 16.7 Å². The predicted molar refractivity (Wildman–Crippen MR) is 111 cm³/mol. The van der Waals surface area contributed by atoms with Gasteiger partial charge in [0.15, 0.2) is 17.7 Å². The fourth-order valence-electron chi connectivity index (χ4n) is 3.55. The van der Waals surface area contributed by atoms with Crippen LogP contribution >= 0.6 is 11.6 Å². The van der Waals surface area contributed by atoms with Crippen molar-refractivity contribution in [3.05, 3.63) is 100 Å². The zero-order valence-electron chi connectivity index (χ0n) is 15.8. The lowest BCUT2D eigenvalue weighted by molar-refractivity contribution is -0.731. The summed E-state index contributed by atoms with van der Waals surface area (Å²) in [6.45, 7) is 0. The summed E-state index contributed by atoms with van der Waals surface area (Å²) in [5.41, 5.74) is 3.55. The van der Waals surface area contributed by atoms with Crippen LogP contribution in [0, 0.1) is 5.82 Å². The largest absolute Gasteiger partial charge is 0.504 e. The van der Waals surface area contributed by atoms with Crippen molar-refractivity contribution in [3.63, 3.8) is 0 Å². The van der Waals surface area contributed by atoms with Crippen LogP contribution in [-0.2, 0) is 0 Å². The Kier molecular flexibility index (Phi) is 5.43. The fourth-order valence-corrected chi connectivity index (χ4v) is 3.67. The molecule has 2 atom stereocenters. The zero-order valence-corrected chi connectivity index (χ0v) is 16.5. The van der Waals surface area contributed by atoms with Crippen molar-refractivity contribution in [2.75, 3.05) is 7.11 Å². The number of rotatable bonds is 4. The highest BCUT2D eigenvalue weighted by Gasteiger charge is 2.30. The van der Waals surface area contributed by atoms with Crippen molar-refractivity contribution in [2.24, 2.45) is 0 Å². The molecule has 0 bridgehead atoms. The van der Waals surface area contributed by atoms with E-state index in [-0.39, 0.29) is 23.8 Å². The second kappa shape index (κ2) is 8.15. The Bertz CT molecular complexity index is 1040. The van der Waals surface area contributed by atoms with Crippen LogP contribution in [-0.4, -0.2) is 12.2 Å². The van der Waals surface area contributed by atoms with Crippen LogP contribution in [0.4, 0.5) is 4.39 Å². The highest BCUT2D eigenvalue weighted by molar-refractivity contribution is 6.30. The van der Waals surface area contributed by atoms with E-state index in [1.165, 1.54) is 19.2 Å². The molecule has 0 saturated heterocycles. The number of hydrogen-bond acceptors (Lipinski definition) is 3. The summed E-state index contributed by atoms with van der Waals surface area (Å²) >= 11 is 6.04. The number of phenols is 1. The van der Waals surface area contributed by atoms with Gasteiger partial charge in [-0.3, -0.25) is 0 Å². The van der Waals surface area contributed by atoms with Crippen LogP contribution in [0.3, 0.4) is 0 Å². The molecule has 0 spiro atoms. The van der Waals surface area contributed by atoms with E-state index in [0.29, 0.717) is 10.8 Å². The van der Waals surface area contributed by atoms with Gasteiger partial charge in [-0.25, -0.2) is 4.39 Å². The van der Waals surface area contributed by atoms with Gasteiger partial charge >= 0.3 is 0 Å². The highest BCUT2D eigenvalue weighted by atomic mass is 35.5. The maximum Gasteiger partial charge on any atom is 0.186 e. The van der Waals surface area contributed by atoms with Crippen LogP contribution in [0.5, 0.6) is 11.5 Å². The van der Waals surface area contributed by atoms with E-state index in [9.17, 15) is 9.50 Å². The quantitative estimate of drug-likeness (QED) is 0.604. The van der Waals surface area contributed by atoms with Crippen molar-refractivity contribution in [2.45, 2.75) is 12.2 Å². The molecule has 3 aromatic rings. The van der Waals surface area contributed by atoms with E-state index in [1.54, 1.807) is 18.2 Å². The Morgan fingerprint density at radius 2 is 1.76 bits per heavy atom. The second-order valence-electron chi connectivity index (χ2n) is 6.88. The average Bonchev–Trinajstić information content (AvgIpc) is 2.74. The fraction of sp³-hybridized carbons (Fsp3) is 0.130. The highest BCUT2D eigenvalue weighted by Crippen LogP contribution is 2.35. The minimum absolute atomic E-state index is 0.114. The first-order valence-electron chi connectivity index (χ1n) is 9.26. The summed E-state index contributed by atoms with van der Waals surface area (Å²) < 4.78 is 18.7.